The summed E-state index contributed by atoms with van der Waals surface area (Å²) in [6.45, 7) is 1.68. The highest BCUT2D eigenvalue weighted by Gasteiger charge is 2.41. The normalized spacial score (nSPS) is 11.6. The predicted octanol–water partition coefficient (Wildman–Crippen LogP) is 2.35. The van der Waals surface area contributed by atoms with Crippen molar-refractivity contribution in [3.63, 3.8) is 0 Å². The average molecular weight is 608 g/mol. The Kier molecular flexibility index (Phi) is 11.4. The van der Waals surface area contributed by atoms with E-state index in [2.05, 4.69) is 10.7 Å². The van der Waals surface area contributed by atoms with E-state index < -0.39 is 41.9 Å². The number of anilines is 1. The number of carbonyl (C=O) groups excluding carboxylic acids is 5. The van der Waals surface area contributed by atoms with Crippen LogP contribution in [-0.2, 0) is 23.9 Å². The van der Waals surface area contributed by atoms with E-state index in [0.29, 0.717) is 5.69 Å². The minimum absolute atomic E-state index is 0.0592. The number of carboxylic acids is 1. The maximum Gasteiger partial charge on any atom is 0.349 e. The molecule has 0 aromatic heterocycles. The topological polar surface area (TPSA) is 196 Å². The second kappa shape index (κ2) is 15.3. The van der Waals surface area contributed by atoms with Crippen molar-refractivity contribution >= 4 is 41.3 Å². The Balaban J connectivity index is 1.83. The number of methoxy groups -OCH3 is 2. The molecule has 0 aliphatic rings. The SMILES string of the molecule is CCC(=O)Nc1ccc(C(=O)NNC(=O)[C@H](OC(=O)c2cccc(OC)c2)[C@H](OC(=O)c2cccc(OC)c2)C(=O)O)cc1. The summed E-state index contributed by atoms with van der Waals surface area (Å²) < 4.78 is 20.5. The van der Waals surface area contributed by atoms with Crippen LogP contribution in [-0.4, -0.2) is 67.2 Å². The molecule has 230 valence electrons. The van der Waals surface area contributed by atoms with E-state index in [1.807, 2.05) is 5.43 Å². The van der Waals surface area contributed by atoms with Crippen LogP contribution in [0.4, 0.5) is 5.69 Å². The van der Waals surface area contributed by atoms with Gasteiger partial charge in [0.15, 0.2) is 0 Å². The van der Waals surface area contributed by atoms with Gasteiger partial charge in [-0.15, -0.1) is 0 Å². The first-order valence-corrected chi connectivity index (χ1v) is 13.0. The maximum atomic E-state index is 13.2. The molecule has 0 fully saturated rings. The van der Waals surface area contributed by atoms with Gasteiger partial charge in [0.1, 0.15) is 11.5 Å². The number of esters is 2. The van der Waals surface area contributed by atoms with E-state index in [4.69, 9.17) is 18.9 Å². The zero-order chi connectivity index (χ0) is 32.2. The van der Waals surface area contributed by atoms with Crippen LogP contribution in [0.15, 0.2) is 72.8 Å². The van der Waals surface area contributed by atoms with Crippen LogP contribution in [0.5, 0.6) is 11.5 Å². The van der Waals surface area contributed by atoms with Crippen molar-refractivity contribution < 1.29 is 52.8 Å². The minimum atomic E-state index is -2.35. The quantitative estimate of drug-likeness (QED) is 0.174. The lowest BCUT2D eigenvalue weighted by Gasteiger charge is -2.23. The molecule has 0 unspecified atom stereocenters. The monoisotopic (exact) mass is 607 g/mol. The largest absolute Gasteiger partial charge is 0.497 e. The lowest BCUT2D eigenvalue weighted by Crippen LogP contribution is -2.54. The van der Waals surface area contributed by atoms with E-state index in [0.717, 1.165) is 0 Å². The van der Waals surface area contributed by atoms with Gasteiger partial charge in [0.05, 0.1) is 25.3 Å². The van der Waals surface area contributed by atoms with E-state index in [1.54, 1.807) is 6.92 Å². The molecule has 14 nitrogen and oxygen atoms in total. The molecule has 0 bridgehead atoms. The van der Waals surface area contributed by atoms with Gasteiger partial charge in [0, 0.05) is 17.7 Å². The summed E-state index contributed by atoms with van der Waals surface area (Å²) in [6, 6.07) is 16.8. The molecule has 4 N–H and O–H groups in total. The minimum Gasteiger partial charge on any atom is -0.497 e. The number of amides is 3. The number of hydrazine groups is 1. The van der Waals surface area contributed by atoms with E-state index in [1.165, 1.54) is 87.0 Å². The number of benzene rings is 3. The molecule has 0 saturated carbocycles. The van der Waals surface area contributed by atoms with Gasteiger partial charge in [0.2, 0.25) is 18.1 Å². The number of rotatable bonds is 12. The summed E-state index contributed by atoms with van der Waals surface area (Å²) in [6.07, 6.45) is -4.36. The van der Waals surface area contributed by atoms with Crippen LogP contribution in [0.1, 0.15) is 44.4 Å². The maximum absolute atomic E-state index is 13.2. The average Bonchev–Trinajstić information content (AvgIpc) is 3.04. The van der Waals surface area contributed by atoms with Crippen LogP contribution < -0.4 is 25.6 Å². The Morgan fingerprint density at radius 3 is 1.70 bits per heavy atom. The zero-order valence-electron chi connectivity index (χ0n) is 23.8. The highest BCUT2D eigenvalue weighted by atomic mass is 16.6. The third kappa shape index (κ3) is 8.79. The van der Waals surface area contributed by atoms with E-state index in [-0.39, 0.29) is 40.5 Å². The fourth-order valence-electron chi connectivity index (χ4n) is 3.58. The van der Waals surface area contributed by atoms with Crippen LogP contribution >= 0.6 is 0 Å². The summed E-state index contributed by atoms with van der Waals surface area (Å²) in [4.78, 5) is 75.4. The van der Waals surface area contributed by atoms with Crippen molar-refractivity contribution in [3.8, 4) is 11.5 Å². The van der Waals surface area contributed by atoms with Gasteiger partial charge >= 0.3 is 17.9 Å². The lowest BCUT2D eigenvalue weighted by atomic mass is 10.1. The van der Waals surface area contributed by atoms with Gasteiger partial charge in [0.25, 0.3) is 11.8 Å². The Hall–Kier alpha value is -5.92. The third-order valence-electron chi connectivity index (χ3n) is 5.91. The van der Waals surface area contributed by atoms with Crippen molar-refractivity contribution in [1.82, 2.24) is 10.9 Å². The molecule has 0 saturated heterocycles. The smallest absolute Gasteiger partial charge is 0.349 e. The second-order valence-corrected chi connectivity index (χ2v) is 8.88. The van der Waals surface area contributed by atoms with Gasteiger partial charge in [-0.3, -0.25) is 25.2 Å². The lowest BCUT2D eigenvalue weighted by molar-refractivity contribution is -0.159. The number of ether oxygens (including phenoxy) is 4. The summed E-state index contributed by atoms with van der Waals surface area (Å²) in [5.74, 6) is -5.98. The molecular formula is C30H29N3O11. The molecule has 0 spiro atoms. The summed E-state index contributed by atoms with van der Waals surface area (Å²) in [7, 11) is 2.71. The first-order chi connectivity index (χ1) is 21.1. The Morgan fingerprint density at radius 1 is 0.705 bits per heavy atom. The Bertz CT molecular complexity index is 1540. The molecule has 3 rings (SSSR count). The number of hydrogen-bond acceptors (Lipinski definition) is 10. The van der Waals surface area contributed by atoms with Crippen molar-refractivity contribution in [2.45, 2.75) is 25.6 Å². The first kappa shape index (κ1) is 32.6. The van der Waals surface area contributed by atoms with Crippen LogP contribution in [0.3, 0.4) is 0 Å². The zero-order valence-corrected chi connectivity index (χ0v) is 23.8. The van der Waals surface area contributed by atoms with E-state index >= 15 is 0 Å². The van der Waals surface area contributed by atoms with Crippen LogP contribution in [0, 0.1) is 0 Å². The molecule has 3 amide bonds. The number of nitrogens with one attached hydrogen (secondary N) is 3. The van der Waals surface area contributed by atoms with Gasteiger partial charge in [-0.05, 0) is 60.7 Å². The van der Waals surface area contributed by atoms with Gasteiger partial charge in [-0.2, -0.15) is 0 Å². The fourth-order valence-corrected chi connectivity index (χ4v) is 3.58. The van der Waals surface area contributed by atoms with Crippen molar-refractivity contribution in [2.24, 2.45) is 0 Å². The highest BCUT2D eigenvalue weighted by molar-refractivity contribution is 5.99. The molecule has 0 aliphatic carbocycles. The Morgan fingerprint density at radius 2 is 1.23 bits per heavy atom. The van der Waals surface area contributed by atoms with Crippen molar-refractivity contribution in [1.29, 1.82) is 0 Å². The van der Waals surface area contributed by atoms with Gasteiger partial charge in [-0.1, -0.05) is 19.1 Å². The van der Waals surface area contributed by atoms with Crippen molar-refractivity contribution in [2.75, 3.05) is 19.5 Å². The molecule has 44 heavy (non-hydrogen) atoms. The molecule has 0 aliphatic heterocycles. The number of carboxylic acid groups (broad SMARTS) is 1. The first-order valence-electron chi connectivity index (χ1n) is 13.0. The molecule has 2 atom stereocenters. The Labute approximate surface area is 251 Å². The highest BCUT2D eigenvalue weighted by Crippen LogP contribution is 2.19. The molecule has 14 heteroatoms. The van der Waals surface area contributed by atoms with Crippen molar-refractivity contribution in [3.05, 3.63) is 89.5 Å². The molecular weight excluding hydrogens is 578 g/mol. The third-order valence-corrected chi connectivity index (χ3v) is 5.91. The number of aliphatic carboxylic acids is 1. The fraction of sp³-hybridized carbons (Fsp3) is 0.200. The molecule has 3 aromatic rings. The van der Waals surface area contributed by atoms with Gasteiger partial charge in [-0.25, -0.2) is 14.4 Å². The summed E-state index contributed by atoms with van der Waals surface area (Å²) >= 11 is 0. The number of hydrogen-bond donors (Lipinski definition) is 4. The summed E-state index contributed by atoms with van der Waals surface area (Å²) in [5.41, 5.74) is 4.36. The summed E-state index contributed by atoms with van der Waals surface area (Å²) in [5, 5.41) is 12.5. The number of carbonyl (C=O) groups is 6. The molecule has 0 radical (unpaired) electrons. The van der Waals surface area contributed by atoms with Crippen LogP contribution in [0.2, 0.25) is 0 Å². The van der Waals surface area contributed by atoms with E-state index in [9.17, 15) is 33.9 Å². The van der Waals surface area contributed by atoms with Crippen LogP contribution in [0.25, 0.3) is 0 Å². The second-order valence-electron chi connectivity index (χ2n) is 8.88. The molecule has 3 aromatic carbocycles. The standard InChI is InChI=1S/C30H29N3O11/c1-4-23(34)31-20-13-11-17(12-14-20)26(35)32-33-27(36)24(43-29(39)18-7-5-9-21(15-18)41-2)25(28(37)38)44-30(40)19-8-6-10-22(16-19)42-3/h5-16,24-25H,4H2,1-3H3,(H,31,34)(H,32,35)(H,33,36)(H,37,38)/t24-,25+/m1/s1. The van der Waals surface area contributed by atoms with Gasteiger partial charge < -0.3 is 29.4 Å². The predicted molar refractivity (Wildman–Crippen MR) is 153 cm³/mol. The molecule has 0 heterocycles.